The molecule has 0 bridgehead atoms. The quantitative estimate of drug-likeness (QED) is 0.749. The van der Waals surface area contributed by atoms with E-state index in [0.29, 0.717) is 12.8 Å². The van der Waals surface area contributed by atoms with Gasteiger partial charge in [0.25, 0.3) is 0 Å². The maximum absolute atomic E-state index is 12.1. The molecule has 2 atom stereocenters. The van der Waals surface area contributed by atoms with Crippen molar-refractivity contribution in [2.75, 3.05) is 25.4 Å². The number of para-hydroxylation sites is 1. The minimum absolute atomic E-state index is 0. The van der Waals surface area contributed by atoms with E-state index in [1.807, 2.05) is 24.3 Å². The van der Waals surface area contributed by atoms with Gasteiger partial charge in [0.2, 0.25) is 5.91 Å². The summed E-state index contributed by atoms with van der Waals surface area (Å²) in [5.41, 5.74) is 7.73. The number of nitrogens with two attached hydrogens (primary N) is 1. The lowest BCUT2D eigenvalue weighted by molar-refractivity contribution is -0.121. The van der Waals surface area contributed by atoms with Crippen LogP contribution in [0.15, 0.2) is 24.3 Å². The number of nitrogens with one attached hydrogen (secondary N) is 1. The summed E-state index contributed by atoms with van der Waals surface area (Å²) in [5.74, 6) is 0.888. The molecule has 2 unspecified atom stereocenters. The number of nitrogens with zero attached hydrogens (tertiary/aromatic N) is 1. The zero-order valence-electron chi connectivity index (χ0n) is 14.7. The summed E-state index contributed by atoms with van der Waals surface area (Å²) in [6, 6.07) is 7.95. The van der Waals surface area contributed by atoms with Gasteiger partial charge in [-0.1, -0.05) is 25.1 Å². The van der Waals surface area contributed by atoms with Gasteiger partial charge in [0, 0.05) is 31.2 Å². The third-order valence-corrected chi connectivity index (χ3v) is 4.36. The second-order valence-electron chi connectivity index (χ2n) is 6.67. The highest BCUT2D eigenvalue weighted by Crippen LogP contribution is 2.15. The minimum atomic E-state index is 0. The number of benzene rings is 1. The van der Waals surface area contributed by atoms with E-state index in [-0.39, 0.29) is 36.8 Å². The van der Waals surface area contributed by atoms with Crippen molar-refractivity contribution in [1.82, 2.24) is 10.2 Å². The molecule has 0 aromatic heterocycles. The third-order valence-electron chi connectivity index (χ3n) is 4.36. The summed E-state index contributed by atoms with van der Waals surface area (Å²) in [4.78, 5) is 14.5. The molecule has 1 aromatic rings. The lowest BCUT2D eigenvalue weighted by atomic mass is 10.00. The van der Waals surface area contributed by atoms with Gasteiger partial charge in [0.1, 0.15) is 0 Å². The lowest BCUT2D eigenvalue weighted by Crippen LogP contribution is -2.45. The molecule has 1 amide bonds. The van der Waals surface area contributed by atoms with Crippen molar-refractivity contribution in [2.24, 2.45) is 5.92 Å². The van der Waals surface area contributed by atoms with E-state index < -0.39 is 0 Å². The van der Waals surface area contributed by atoms with Crippen molar-refractivity contribution in [3.8, 4) is 0 Å². The summed E-state index contributed by atoms with van der Waals surface area (Å²) >= 11 is 0. The number of anilines is 1. The molecule has 4 nitrogen and oxygen atoms in total. The molecule has 24 heavy (non-hydrogen) atoms. The van der Waals surface area contributed by atoms with E-state index in [1.54, 1.807) is 0 Å². The van der Waals surface area contributed by atoms with Crippen LogP contribution in [0, 0.1) is 5.92 Å². The number of halogens is 2. The van der Waals surface area contributed by atoms with Crippen molar-refractivity contribution in [2.45, 2.75) is 45.6 Å². The highest BCUT2D eigenvalue weighted by atomic mass is 35.5. The summed E-state index contributed by atoms with van der Waals surface area (Å²) in [7, 11) is 0. The third kappa shape index (κ3) is 7.73. The molecular formula is C18H31Cl2N3O. The number of likely N-dealkylation sites (tertiary alicyclic amines) is 1. The van der Waals surface area contributed by atoms with Crippen molar-refractivity contribution in [1.29, 1.82) is 0 Å². The maximum Gasteiger partial charge on any atom is 0.220 e. The molecular weight excluding hydrogens is 345 g/mol. The first-order valence-corrected chi connectivity index (χ1v) is 8.39. The average Bonchev–Trinajstić information content (AvgIpc) is 2.46. The maximum atomic E-state index is 12.1. The predicted octanol–water partition coefficient (Wildman–Crippen LogP) is 3.28. The second-order valence-corrected chi connectivity index (χ2v) is 6.67. The molecule has 3 N–H and O–H groups in total. The first kappa shape index (κ1) is 23.0. The minimum Gasteiger partial charge on any atom is -0.399 e. The van der Waals surface area contributed by atoms with Crippen LogP contribution < -0.4 is 11.1 Å². The zero-order valence-corrected chi connectivity index (χ0v) is 16.3. The molecule has 0 radical (unpaired) electrons. The Balaban J connectivity index is 0.00000264. The van der Waals surface area contributed by atoms with Crippen LogP contribution in [0.4, 0.5) is 5.69 Å². The molecule has 1 aliphatic heterocycles. The monoisotopic (exact) mass is 375 g/mol. The molecule has 1 fully saturated rings. The molecule has 0 aliphatic carbocycles. The number of piperidine rings is 1. The van der Waals surface area contributed by atoms with Crippen LogP contribution in [0.25, 0.3) is 0 Å². The fraction of sp³-hybridized carbons (Fsp3) is 0.611. The van der Waals surface area contributed by atoms with E-state index >= 15 is 0 Å². The summed E-state index contributed by atoms with van der Waals surface area (Å²) in [5, 5.41) is 3.11. The van der Waals surface area contributed by atoms with Gasteiger partial charge < -0.3 is 16.0 Å². The lowest BCUT2D eigenvalue weighted by Gasteiger charge is -2.32. The van der Waals surface area contributed by atoms with Gasteiger partial charge in [0.15, 0.2) is 0 Å². The first-order valence-electron chi connectivity index (χ1n) is 8.39. The fourth-order valence-electron chi connectivity index (χ4n) is 3.24. The molecule has 1 heterocycles. The van der Waals surface area contributed by atoms with Crippen LogP contribution in [0.1, 0.15) is 38.7 Å². The van der Waals surface area contributed by atoms with Crippen LogP contribution in [0.2, 0.25) is 0 Å². The number of rotatable bonds is 6. The number of nitrogen functional groups attached to an aromatic ring is 1. The Labute approximate surface area is 158 Å². The van der Waals surface area contributed by atoms with Gasteiger partial charge in [-0.15, -0.1) is 24.8 Å². The van der Waals surface area contributed by atoms with Crippen LogP contribution in [-0.4, -0.2) is 36.5 Å². The largest absolute Gasteiger partial charge is 0.399 e. The van der Waals surface area contributed by atoms with Gasteiger partial charge >= 0.3 is 0 Å². The molecule has 0 spiro atoms. The standard InChI is InChI=1S/C18H29N3O.2ClH/c1-14-6-5-11-21(12-14)13-15(2)20-18(22)10-9-16-7-3-4-8-17(16)19;;/h3-4,7-8,14-15H,5-6,9-13,19H2,1-2H3,(H,20,22);2*1H. The van der Waals surface area contributed by atoms with Crippen molar-refractivity contribution >= 4 is 36.4 Å². The van der Waals surface area contributed by atoms with E-state index in [1.165, 1.54) is 12.8 Å². The number of hydrogen-bond donors (Lipinski definition) is 2. The summed E-state index contributed by atoms with van der Waals surface area (Å²) in [6.45, 7) is 7.66. The number of amides is 1. The van der Waals surface area contributed by atoms with Gasteiger partial charge in [-0.25, -0.2) is 0 Å². The normalized spacial score (nSPS) is 18.8. The Morgan fingerprint density at radius 3 is 2.75 bits per heavy atom. The van der Waals surface area contributed by atoms with Crippen molar-refractivity contribution in [3.63, 3.8) is 0 Å². The Morgan fingerprint density at radius 1 is 1.38 bits per heavy atom. The van der Waals surface area contributed by atoms with Gasteiger partial charge in [-0.05, 0) is 50.3 Å². The topological polar surface area (TPSA) is 58.4 Å². The number of aryl methyl sites for hydroxylation is 1. The Kier molecular flexibility index (Phi) is 11.1. The highest BCUT2D eigenvalue weighted by molar-refractivity contribution is 5.85. The summed E-state index contributed by atoms with van der Waals surface area (Å²) < 4.78 is 0. The van der Waals surface area contributed by atoms with Crippen LogP contribution in [0.5, 0.6) is 0 Å². The number of hydrogen-bond acceptors (Lipinski definition) is 3. The van der Waals surface area contributed by atoms with Gasteiger partial charge in [-0.3, -0.25) is 4.79 Å². The van der Waals surface area contributed by atoms with E-state index in [0.717, 1.165) is 36.8 Å². The smallest absolute Gasteiger partial charge is 0.220 e. The first-order chi connectivity index (χ1) is 10.5. The van der Waals surface area contributed by atoms with Crippen LogP contribution in [0.3, 0.4) is 0 Å². The molecule has 1 aliphatic rings. The number of carbonyl (C=O) groups excluding carboxylic acids is 1. The predicted molar refractivity (Wildman–Crippen MR) is 106 cm³/mol. The molecule has 1 aromatic carbocycles. The van der Waals surface area contributed by atoms with Crippen LogP contribution >= 0.6 is 24.8 Å². The Hall–Kier alpha value is -0.970. The molecule has 1 saturated heterocycles. The zero-order chi connectivity index (χ0) is 15.9. The Morgan fingerprint density at radius 2 is 2.08 bits per heavy atom. The average molecular weight is 376 g/mol. The van der Waals surface area contributed by atoms with Gasteiger partial charge in [-0.2, -0.15) is 0 Å². The van der Waals surface area contributed by atoms with E-state index in [4.69, 9.17) is 5.73 Å². The second kappa shape index (κ2) is 11.6. The van der Waals surface area contributed by atoms with E-state index in [2.05, 4.69) is 24.1 Å². The number of carbonyl (C=O) groups is 1. The molecule has 0 saturated carbocycles. The van der Waals surface area contributed by atoms with Crippen molar-refractivity contribution < 1.29 is 4.79 Å². The SMILES string of the molecule is CC1CCCN(CC(C)NC(=O)CCc2ccccc2N)C1.Cl.Cl. The molecule has 2 rings (SSSR count). The van der Waals surface area contributed by atoms with E-state index in [9.17, 15) is 4.79 Å². The van der Waals surface area contributed by atoms with Gasteiger partial charge in [0.05, 0.1) is 0 Å². The summed E-state index contributed by atoms with van der Waals surface area (Å²) in [6.07, 6.45) is 3.80. The molecule has 138 valence electrons. The Bertz CT molecular complexity index is 499. The fourth-order valence-corrected chi connectivity index (χ4v) is 3.24. The molecule has 6 heteroatoms. The van der Waals surface area contributed by atoms with Crippen molar-refractivity contribution in [3.05, 3.63) is 29.8 Å². The van der Waals surface area contributed by atoms with Crippen LogP contribution in [-0.2, 0) is 11.2 Å². The highest BCUT2D eigenvalue weighted by Gasteiger charge is 2.18.